The van der Waals surface area contributed by atoms with Crippen LogP contribution in [0.25, 0.3) is 0 Å². The van der Waals surface area contributed by atoms with Crippen LogP contribution in [0.15, 0.2) is 0 Å². The van der Waals surface area contributed by atoms with Crippen molar-refractivity contribution in [1.82, 2.24) is 10.6 Å². The minimum atomic E-state index is -3.02. The quantitative estimate of drug-likeness (QED) is 0.642. The first-order valence-electron chi connectivity index (χ1n) is 9.15. The van der Waals surface area contributed by atoms with Gasteiger partial charge in [0.05, 0.1) is 23.0 Å². The van der Waals surface area contributed by atoms with Crippen LogP contribution in [0.2, 0.25) is 0 Å². The van der Waals surface area contributed by atoms with Crippen molar-refractivity contribution < 1.29 is 26.4 Å². The van der Waals surface area contributed by atoms with E-state index in [-0.39, 0.29) is 58.7 Å². The van der Waals surface area contributed by atoms with Gasteiger partial charge in [-0.2, -0.15) is 0 Å². The molecule has 1 aliphatic carbocycles. The molecule has 8 nitrogen and oxygen atoms in total. The van der Waals surface area contributed by atoms with E-state index in [9.17, 15) is 26.4 Å². The van der Waals surface area contributed by atoms with Crippen LogP contribution in [0.4, 0.5) is 0 Å². The Balaban J connectivity index is 1.42. The highest BCUT2D eigenvalue weighted by Crippen LogP contribution is 2.30. The molecular formula is C16H26N2O6S2. The first kappa shape index (κ1) is 19.6. The fraction of sp³-hybridized carbons (Fsp3) is 0.875. The van der Waals surface area contributed by atoms with Crippen molar-refractivity contribution in [2.24, 2.45) is 11.8 Å². The lowest BCUT2D eigenvalue weighted by atomic mass is 9.81. The summed E-state index contributed by atoms with van der Waals surface area (Å²) in [5.41, 5.74) is 0. The number of amides is 2. The van der Waals surface area contributed by atoms with Crippen LogP contribution in [0, 0.1) is 11.8 Å². The molecule has 3 aliphatic rings. The minimum absolute atomic E-state index is 0.0147. The molecule has 0 aromatic heterocycles. The molecule has 0 spiro atoms. The Morgan fingerprint density at radius 1 is 0.615 bits per heavy atom. The van der Waals surface area contributed by atoms with Crippen LogP contribution < -0.4 is 10.6 Å². The molecule has 2 aliphatic heterocycles. The summed E-state index contributed by atoms with van der Waals surface area (Å²) >= 11 is 0. The van der Waals surface area contributed by atoms with Gasteiger partial charge in [0.25, 0.3) is 0 Å². The van der Waals surface area contributed by atoms with Crippen LogP contribution in [-0.2, 0) is 29.3 Å². The van der Waals surface area contributed by atoms with E-state index in [0.29, 0.717) is 38.5 Å². The van der Waals surface area contributed by atoms with E-state index in [0.717, 1.165) is 0 Å². The van der Waals surface area contributed by atoms with E-state index in [1.807, 2.05) is 0 Å². The van der Waals surface area contributed by atoms with Crippen molar-refractivity contribution in [1.29, 1.82) is 0 Å². The molecular weight excluding hydrogens is 380 g/mol. The topological polar surface area (TPSA) is 126 Å². The first-order valence-corrected chi connectivity index (χ1v) is 12.8. The van der Waals surface area contributed by atoms with Gasteiger partial charge in [0.2, 0.25) is 11.8 Å². The molecule has 3 fully saturated rings. The summed E-state index contributed by atoms with van der Waals surface area (Å²) in [6, 6.07) is -0.587. The van der Waals surface area contributed by atoms with Crippen molar-refractivity contribution in [2.75, 3.05) is 23.0 Å². The maximum absolute atomic E-state index is 12.3. The second-order valence-electron chi connectivity index (χ2n) is 7.77. The Bertz CT molecular complexity index is 703. The lowest BCUT2D eigenvalue weighted by Gasteiger charge is -2.28. The van der Waals surface area contributed by atoms with E-state index in [1.165, 1.54) is 0 Å². The fourth-order valence-corrected chi connectivity index (χ4v) is 7.42. The molecule has 2 atom stereocenters. The van der Waals surface area contributed by atoms with E-state index >= 15 is 0 Å². The highest BCUT2D eigenvalue weighted by molar-refractivity contribution is 7.91. The molecule has 2 heterocycles. The average molecular weight is 407 g/mol. The summed E-state index contributed by atoms with van der Waals surface area (Å²) in [5.74, 6) is -0.324. The monoisotopic (exact) mass is 406 g/mol. The Hall–Kier alpha value is -1.16. The molecule has 10 heteroatoms. The number of rotatable bonds is 4. The third kappa shape index (κ3) is 4.97. The Morgan fingerprint density at radius 2 is 0.962 bits per heavy atom. The summed E-state index contributed by atoms with van der Waals surface area (Å²) < 4.78 is 45.9. The van der Waals surface area contributed by atoms with E-state index in [4.69, 9.17) is 0 Å². The molecule has 0 bridgehead atoms. The molecule has 2 saturated heterocycles. The van der Waals surface area contributed by atoms with Gasteiger partial charge in [-0.15, -0.1) is 0 Å². The minimum Gasteiger partial charge on any atom is -0.352 e. The molecule has 2 N–H and O–H groups in total. The van der Waals surface area contributed by atoms with Gasteiger partial charge in [0.1, 0.15) is 0 Å². The molecule has 0 aromatic rings. The number of hydrogen-bond acceptors (Lipinski definition) is 6. The Morgan fingerprint density at radius 3 is 1.23 bits per heavy atom. The summed E-state index contributed by atoms with van der Waals surface area (Å²) in [6.07, 6.45) is 3.30. The van der Waals surface area contributed by atoms with Gasteiger partial charge < -0.3 is 10.6 Å². The van der Waals surface area contributed by atoms with Gasteiger partial charge in [0, 0.05) is 23.9 Å². The standard InChI is InChI=1S/C16H26N2O6S2/c19-15(17-13-5-7-25(21,22)9-13)11-1-2-12(4-3-11)16(20)18-14-6-8-26(23,24)10-14/h11-14H,1-10H2,(H,17,19)(H,18,20)/t11?,12?,13-,14-/m1/s1. The molecule has 1 saturated carbocycles. The summed E-state index contributed by atoms with van der Waals surface area (Å²) in [7, 11) is -6.04. The van der Waals surface area contributed by atoms with Crippen LogP contribution in [-0.4, -0.2) is 63.7 Å². The van der Waals surface area contributed by atoms with Crippen LogP contribution in [0.1, 0.15) is 38.5 Å². The molecule has 3 rings (SSSR count). The van der Waals surface area contributed by atoms with Gasteiger partial charge in [0.15, 0.2) is 19.7 Å². The van der Waals surface area contributed by atoms with Crippen LogP contribution in [0.3, 0.4) is 0 Å². The lowest BCUT2D eigenvalue weighted by Crippen LogP contribution is -2.43. The predicted molar refractivity (Wildman–Crippen MR) is 95.9 cm³/mol. The highest BCUT2D eigenvalue weighted by Gasteiger charge is 2.35. The number of sulfone groups is 2. The number of carbonyl (C=O) groups is 2. The van der Waals surface area contributed by atoms with E-state index in [1.54, 1.807) is 0 Å². The normalized spacial score (nSPS) is 35.7. The number of nitrogens with one attached hydrogen (secondary N) is 2. The SMILES string of the molecule is O=C(N[C@@H]1CCS(=O)(=O)C1)C1CCC(C(=O)N[C@@H]2CCS(=O)(=O)C2)CC1. The second-order valence-corrected chi connectivity index (χ2v) is 12.2. The van der Waals surface area contributed by atoms with Crippen LogP contribution in [0.5, 0.6) is 0 Å². The van der Waals surface area contributed by atoms with Crippen molar-refractivity contribution in [3.8, 4) is 0 Å². The van der Waals surface area contributed by atoms with Gasteiger partial charge in [-0.3, -0.25) is 9.59 Å². The smallest absolute Gasteiger partial charge is 0.223 e. The van der Waals surface area contributed by atoms with E-state index in [2.05, 4.69) is 10.6 Å². The maximum Gasteiger partial charge on any atom is 0.223 e. The largest absolute Gasteiger partial charge is 0.352 e. The van der Waals surface area contributed by atoms with Crippen LogP contribution >= 0.6 is 0 Å². The Labute approximate surface area is 154 Å². The molecule has 148 valence electrons. The number of carbonyl (C=O) groups excluding carboxylic acids is 2. The number of hydrogen-bond donors (Lipinski definition) is 2. The molecule has 2 amide bonds. The van der Waals surface area contributed by atoms with Crippen molar-refractivity contribution >= 4 is 31.5 Å². The second kappa shape index (κ2) is 7.46. The van der Waals surface area contributed by atoms with Crippen molar-refractivity contribution in [3.05, 3.63) is 0 Å². The van der Waals surface area contributed by atoms with Gasteiger partial charge in [-0.25, -0.2) is 16.8 Å². The van der Waals surface area contributed by atoms with Gasteiger partial charge >= 0.3 is 0 Å². The third-order valence-corrected chi connectivity index (χ3v) is 9.16. The summed E-state index contributed by atoms with van der Waals surface area (Å²) in [5, 5.41) is 5.66. The summed E-state index contributed by atoms with van der Waals surface area (Å²) in [4.78, 5) is 24.6. The zero-order valence-electron chi connectivity index (χ0n) is 14.6. The molecule has 0 aromatic carbocycles. The Kier molecular flexibility index (Phi) is 5.62. The van der Waals surface area contributed by atoms with Gasteiger partial charge in [-0.1, -0.05) is 0 Å². The van der Waals surface area contributed by atoms with Crippen molar-refractivity contribution in [2.45, 2.75) is 50.6 Å². The molecule has 0 unspecified atom stereocenters. The zero-order valence-corrected chi connectivity index (χ0v) is 16.3. The predicted octanol–water partition coefficient (Wildman–Crippen LogP) is -0.601. The maximum atomic E-state index is 12.3. The fourth-order valence-electron chi connectivity index (χ4n) is 4.07. The average Bonchev–Trinajstić information content (AvgIpc) is 3.08. The van der Waals surface area contributed by atoms with Crippen molar-refractivity contribution in [3.63, 3.8) is 0 Å². The molecule has 0 radical (unpaired) electrons. The summed E-state index contributed by atoms with van der Waals surface area (Å²) in [6.45, 7) is 0. The van der Waals surface area contributed by atoms with E-state index < -0.39 is 19.7 Å². The van der Waals surface area contributed by atoms with Gasteiger partial charge in [-0.05, 0) is 38.5 Å². The zero-order chi connectivity index (χ0) is 18.9. The third-order valence-electron chi connectivity index (χ3n) is 5.63. The molecule has 26 heavy (non-hydrogen) atoms. The lowest BCUT2D eigenvalue weighted by molar-refractivity contribution is -0.131. The highest BCUT2D eigenvalue weighted by atomic mass is 32.2. The first-order chi connectivity index (χ1) is 12.1.